The Bertz CT molecular complexity index is 2090. The van der Waals surface area contributed by atoms with Crippen LogP contribution in [-0.2, 0) is 27.4 Å². The molecular formula is C43H37BrClN3O4S. The summed E-state index contributed by atoms with van der Waals surface area (Å²) in [4.78, 5) is 47.0. The summed E-state index contributed by atoms with van der Waals surface area (Å²) < 4.78 is 6.81. The van der Waals surface area contributed by atoms with E-state index in [1.165, 1.54) is 11.0 Å². The molecular weight excluding hydrogens is 770 g/mol. The topological polar surface area (TPSA) is 88.1 Å². The number of hydrogen-bond acceptors (Lipinski definition) is 5. The first-order valence-corrected chi connectivity index (χ1v) is 18.9. The first-order chi connectivity index (χ1) is 25.7. The van der Waals surface area contributed by atoms with Crippen LogP contribution in [0.4, 0.5) is 0 Å². The molecule has 0 aromatic heterocycles. The Morgan fingerprint density at radius 1 is 0.981 bits per heavy atom. The van der Waals surface area contributed by atoms with Gasteiger partial charge in [-0.15, -0.1) is 6.58 Å². The molecule has 5 rings (SSSR count). The molecule has 1 aliphatic rings. The van der Waals surface area contributed by atoms with Crippen molar-refractivity contribution in [2.75, 3.05) is 5.75 Å². The van der Waals surface area contributed by atoms with Crippen LogP contribution in [0.2, 0.25) is 5.02 Å². The fourth-order valence-electron chi connectivity index (χ4n) is 5.55. The van der Waals surface area contributed by atoms with Crippen LogP contribution < -0.4 is 10.1 Å². The van der Waals surface area contributed by atoms with Gasteiger partial charge >= 0.3 is 0 Å². The lowest BCUT2D eigenvalue weighted by Gasteiger charge is -2.28. The van der Waals surface area contributed by atoms with Gasteiger partial charge in [0.15, 0.2) is 5.17 Å². The van der Waals surface area contributed by atoms with E-state index in [-0.39, 0.29) is 29.0 Å². The maximum Gasteiger partial charge on any atom is 0.285 e. The normalized spacial score (nSPS) is 14.1. The molecule has 0 saturated carbocycles. The zero-order valence-electron chi connectivity index (χ0n) is 29.0. The standard InChI is InChI=1S/C43H37BrClN3O4S/c1-4-7-22-34(6-3)48-42(51)35(25-29-24-32(16-5-2)40(36(44)26-29)52-27-33-21-14-15-23-37(33)45)41(50)47-43(48)53-28-38(49)46-39(30-17-10-8-11-18-30)31-19-12-9-13-20-31/h4-15,17-26,39H,1-2,16,27-28H2,3H3,(H,46,49)/b22-7-,34-6+,35-25+. The van der Waals surface area contributed by atoms with E-state index in [0.29, 0.717) is 32.9 Å². The Kier molecular flexibility index (Phi) is 14.0. The molecule has 0 unspecified atom stereocenters. The molecule has 1 aliphatic heterocycles. The molecule has 0 radical (unpaired) electrons. The zero-order valence-corrected chi connectivity index (χ0v) is 32.2. The van der Waals surface area contributed by atoms with Gasteiger partial charge in [-0.3, -0.25) is 19.3 Å². The predicted octanol–water partition coefficient (Wildman–Crippen LogP) is 9.80. The van der Waals surface area contributed by atoms with Crippen molar-refractivity contribution < 1.29 is 19.1 Å². The second kappa shape index (κ2) is 19.0. The van der Waals surface area contributed by atoms with Gasteiger partial charge in [-0.2, -0.15) is 4.99 Å². The largest absolute Gasteiger partial charge is 0.487 e. The van der Waals surface area contributed by atoms with Crippen LogP contribution in [0, 0.1) is 0 Å². The van der Waals surface area contributed by atoms with Crippen LogP contribution in [0.25, 0.3) is 6.08 Å². The molecule has 7 nitrogen and oxygen atoms in total. The van der Waals surface area contributed by atoms with Gasteiger partial charge in [0, 0.05) is 16.3 Å². The van der Waals surface area contributed by atoms with Crippen LogP contribution >= 0.6 is 39.3 Å². The number of thioether (sulfide) groups is 1. The Hall–Kier alpha value is -5.22. The number of halogens is 2. The Morgan fingerprint density at radius 2 is 1.64 bits per heavy atom. The fourth-order valence-corrected chi connectivity index (χ4v) is 7.18. The van der Waals surface area contributed by atoms with Gasteiger partial charge in [-0.05, 0) is 81.9 Å². The van der Waals surface area contributed by atoms with Crippen LogP contribution in [0.3, 0.4) is 0 Å². The lowest BCUT2D eigenvalue weighted by molar-refractivity contribution is -0.126. The number of hydrogen-bond donors (Lipinski definition) is 1. The molecule has 4 aromatic carbocycles. The average molecular weight is 807 g/mol. The average Bonchev–Trinajstić information content (AvgIpc) is 3.16. The molecule has 1 heterocycles. The van der Waals surface area contributed by atoms with Crippen LogP contribution in [-0.4, -0.2) is 33.5 Å². The highest BCUT2D eigenvalue weighted by Gasteiger charge is 2.35. The minimum atomic E-state index is -0.718. The number of allylic oxidation sites excluding steroid dienone is 5. The van der Waals surface area contributed by atoms with Gasteiger partial charge in [0.25, 0.3) is 11.8 Å². The van der Waals surface area contributed by atoms with Crippen LogP contribution in [0.1, 0.15) is 40.8 Å². The van der Waals surface area contributed by atoms with Crippen LogP contribution in [0.15, 0.2) is 161 Å². The molecule has 268 valence electrons. The number of rotatable bonds is 14. The first kappa shape index (κ1) is 39.0. The van der Waals surface area contributed by atoms with E-state index < -0.39 is 17.9 Å². The van der Waals surface area contributed by atoms with Gasteiger partial charge in [-0.25, -0.2) is 0 Å². The highest BCUT2D eigenvalue weighted by molar-refractivity contribution is 9.10. The number of ether oxygens (including phenoxy) is 1. The number of carbonyl (C=O) groups is 3. The summed E-state index contributed by atoms with van der Waals surface area (Å²) in [5.41, 5.74) is 4.36. The smallest absolute Gasteiger partial charge is 0.285 e. The Morgan fingerprint density at radius 3 is 2.26 bits per heavy atom. The molecule has 0 bridgehead atoms. The quantitative estimate of drug-likeness (QED) is 0.0594. The summed E-state index contributed by atoms with van der Waals surface area (Å²) in [6.07, 6.45) is 10.4. The molecule has 4 aromatic rings. The minimum absolute atomic E-state index is 0.0851. The third-order valence-electron chi connectivity index (χ3n) is 8.06. The van der Waals surface area contributed by atoms with Crippen molar-refractivity contribution in [3.8, 4) is 5.75 Å². The van der Waals surface area contributed by atoms with E-state index in [0.717, 1.165) is 34.0 Å². The summed E-state index contributed by atoms with van der Waals surface area (Å²) in [6, 6.07) is 30.0. The van der Waals surface area contributed by atoms with Crippen molar-refractivity contribution in [3.05, 3.63) is 189 Å². The summed E-state index contributed by atoms with van der Waals surface area (Å²) >= 11 is 11.0. The lowest BCUT2D eigenvalue weighted by Crippen LogP contribution is -2.42. The van der Waals surface area contributed by atoms with Crippen molar-refractivity contribution in [2.24, 2.45) is 4.99 Å². The Labute approximate surface area is 327 Å². The number of nitrogens with zero attached hydrogens (tertiary/aromatic N) is 2. The molecule has 10 heteroatoms. The molecule has 0 saturated heterocycles. The highest BCUT2D eigenvalue weighted by atomic mass is 79.9. The van der Waals surface area contributed by atoms with E-state index in [9.17, 15) is 14.4 Å². The van der Waals surface area contributed by atoms with Crippen LogP contribution in [0.5, 0.6) is 5.75 Å². The lowest BCUT2D eigenvalue weighted by atomic mass is 9.99. The molecule has 3 amide bonds. The monoisotopic (exact) mass is 805 g/mol. The number of aliphatic imine (C=N–C) groups is 1. The van der Waals surface area contributed by atoms with Crippen molar-refractivity contribution in [1.82, 2.24) is 10.2 Å². The second-order valence-corrected chi connectivity index (χ2v) is 13.9. The highest BCUT2D eigenvalue weighted by Crippen LogP contribution is 2.35. The SMILES string of the molecule is C=C/C=C\C(=C/C)N1C(=O)/C(=C/c2cc(Br)c(OCc3ccccc3Cl)c(CC=C)c2)C(=O)N=C1SCC(=O)NC(c1ccccc1)c1ccccc1. The van der Waals surface area contributed by atoms with Crippen molar-refractivity contribution in [1.29, 1.82) is 0 Å². The van der Waals surface area contributed by atoms with E-state index in [1.807, 2.05) is 84.9 Å². The molecule has 0 fully saturated rings. The maximum atomic E-state index is 14.2. The van der Waals surface area contributed by atoms with E-state index in [2.05, 4.69) is 39.4 Å². The van der Waals surface area contributed by atoms with Crippen molar-refractivity contribution in [2.45, 2.75) is 26.0 Å². The first-order valence-electron chi connectivity index (χ1n) is 16.7. The third-order valence-corrected chi connectivity index (χ3v) is 9.96. The summed E-state index contributed by atoms with van der Waals surface area (Å²) in [5, 5.41) is 3.79. The van der Waals surface area contributed by atoms with Crippen molar-refractivity contribution >= 4 is 68.3 Å². The number of amidine groups is 1. The summed E-state index contributed by atoms with van der Waals surface area (Å²) in [6.45, 7) is 9.64. The van der Waals surface area contributed by atoms with E-state index in [4.69, 9.17) is 16.3 Å². The van der Waals surface area contributed by atoms with Gasteiger partial charge in [0.1, 0.15) is 17.9 Å². The fraction of sp³-hybridized carbons (Fsp3) is 0.116. The maximum absolute atomic E-state index is 14.2. The Balaban J connectivity index is 1.43. The number of amides is 3. The van der Waals surface area contributed by atoms with Crippen molar-refractivity contribution in [3.63, 3.8) is 0 Å². The number of carbonyl (C=O) groups excluding carboxylic acids is 3. The predicted molar refractivity (Wildman–Crippen MR) is 220 cm³/mol. The van der Waals surface area contributed by atoms with Gasteiger partial charge < -0.3 is 10.1 Å². The number of nitrogens with one attached hydrogen (secondary N) is 1. The van der Waals surface area contributed by atoms with Gasteiger partial charge in [-0.1, -0.05) is 133 Å². The van der Waals surface area contributed by atoms with E-state index >= 15 is 0 Å². The second-order valence-electron chi connectivity index (χ2n) is 11.7. The molecule has 0 atom stereocenters. The molecule has 0 aliphatic carbocycles. The molecule has 1 N–H and O–H groups in total. The summed E-state index contributed by atoms with van der Waals surface area (Å²) in [7, 11) is 0. The molecule has 53 heavy (non-hydrogen) atoms. The zero-order chi connectivity index (χ0) is 37.7. The van der Waals surface area contributed by atoms with E-state index in [1.54, 1.807) is 49.4 Å². The molecule has 0 spiro atoms. The minimum Gasteiger partial charge on any atom is -0.487 e. The third kappa shape index (κ3) is 10.0. The van der Waals surface area contributed by atoms with Gasteiger partial charge in [0.05, 0.1) is 16.3 Å². The number of benzene rings is 4. The van der Waals surface area contributed by atoms with Gasteiger partial charge in [0.2, 0.25) is 5.91 Å². The summed E-state index contributed by atoms with van der Waals surface area (Å²) in [5.74, 6) is -1.10.